The zero-order valence-electron chi connectivity index (χ0n) is 17.1. The molecule has 0 atom stereocenters. The van der Waals surface area contributed by atoms with Crippen LogP contribution in [0.3, 0.4) is 0 Å². The topological polar surface area (TPSA) is 117 Å². The Morgan fingerprint density at radius 1 is 1.19 bits per heavy atom. The van der Waals surface area contributed by atoms with E-state index in [0.29, 0.717) is 54.3 Å². The maximum Gasteiger partial charge on any atom is 0.269 e. The van der Waals surface area contributed by atoms with Crippen molar-refractivity contribution in [3.8, 4) is 11.3 Å². The highest BCUT2D eigenvalue weighted by Gasteiger charge is 2.29. The molecule has 3 heterocycles. The third kappa shape index (κ3) is 4.11. The number of pyridine rings is 1. The van der Waals surface area contributed by atoms with Crippen LogP contribution in [0.2, 0.25) is 0 Å². The first-order valence-electron chi connectivity index (χ1n) is 10.1. The third-order valence-corrected chi connectivity index (χ3v) is 5.53. The van der Waals surface area contributed by atoms with E-state index < -0.39 is 0 Å². The van der Waals surface area contributed by atoms with Gasteiger partial charge in [0.25, 0.3) is 11.8 Å². The predicted octanol–water partition coefficient (Wildman–Crippen LogP) is 2.57. The number of benzene rings is 1. The van der Waals surface area contributed by atoms with Gasteiger partial charge in [0, 0.05) is 37.8 Å². The quantitative estimate of drug-likeness (QED) is 0.597. The molecule has 1 saturated heterocycles. The molecular weight excluding hydrogens is 399 g/mol. The lowest BCUT2D eigenvalue weighted by molar-refractivity contribution is 0.0712. The van der Waals surface area contributed by atoms with Crippen molar-refractivity contribution in [2.75, 3.05) is 25.9 Å². The van der Waals surface area contributed by atoms with Gasteiger partial charge in [-0.3, -0.25) is 9.59 Å². The van der Waals surface area contributed by atoms with E-state index in [1.807, 2.05) is 0 Å². The fourth-order valence-electron chi connectivity index (χ4n) is 3.82. The number of imidazole rings is 1. The van der Waals surface area contributed by atoms with Crippen LogP contribution in [0.5, 0.6) is 0 Å². The van der Waals surface area contributed by atoms with E-state index in [1.165, 1.54) is 12.1 Å². The number of amides is 2. The number of hydrogen-bond acceptors (Lipinski definition) is 5. The Hall–Kier alpha value is -3.75. The summed E-state index contributed by atoms with van der Waals surface area (Å²) < 4.78 is 13.3. The molecule has 160 valence electrons. The monoisotopic (exact) mass is 422 g/mol. The van der Waals surface area contributed by atoms with Crippen molar-refractivity contribution < 1.29 is 14.0 Å². The van der Waals surface area contributed by atoms with Crippen LogP contribution in [0.25, 0.3) is 11.3 Å². The molecule has 8 nitrogen and oxygen atoms in total. The number of nitrogens with zero attached hydrogens (tertiary/aromatic N) is 3. The summed E-state index contributed by atoms with van der Waals surface area (Å²) in [6.45, 7) is 1.08. The second-order valence-electron chi connectivity index (χ2n) is 7.43. The van der Waals surface area contributed by atoms with Crippen LogP contribution in [0, 0.1) is 5.82 Å². The number of carbonyl (C=O) groups is 2. The molecule has 1 aliphatic rings. The molecule has 1 fully saturated rings. The van der Waals surface area contributed by atoms with Crippen LogP contribution in [0.15, 0.2) is 42.6 Å². The van der Waals surface area contributed by atoms with Gasteiger partial charge in [-0.2, -0.15) is 0 Å². The number of halogens is 1. The summed E-state index contributed by atoms with van der Waals surface area (Å²) in [5, 5.41) is 2.61. The molecule has 0 bridgehead atoms. The van der Waals surface area contributed by atoms with E-state index in [-0.39, 0.29) is 29.4 Å². The lowest BCUT2D eigenvalue weighted by Gasteiger charge is -2.31. The first kappa shape index (κ1) is 20.5. The Labute approximate surface area is 178 Å². The summed E-state index contributed by atoms with van der Waals surface area (Å²) in [4.78, 5) is 38.7. The highest BCUT2D eigenvalue weighted by Crippen LogP contribution is 2.31. The summed E-state index contributed by atoms with van der Waals surface area (Å²) in [6.07, 6.45) is 2.93. The normalized spacial score (nSPS) is 14.5. The average Bonchev–Trinajstić information content (AvgIpc) is 3.24. The number of nitrogens with two attached hydrogens (primary N) is 1. The van der Waals surface area contributed by atoms with Gasteiger partial charge < -0.3 is 20.9 Å². The minimum atomic E-state index is -0.354. The molecule has 2 amide bonds. The Morgan fingerprint density at radius 3 is 2.55 bits per heavy atom. The summed E-state index contributed by atoms with van der Waals surface area (Å²) in [7, 11) is 1.55. The predicted molar refractivity (Wildman–Crippen MR) is 114 cm³/mol. The van der Waals surface area contributed by atoms with Crippen LogP contribution in [-0.2, 0) is 0 Å². The van der Waals surface area contributed by atoms with Gasteiger partial charge in [0.2, 0.25) is 0 Å². The number of aromatic amines is 1. The van der Waals surface area contributed by atoms with Gasteiger partial charge in [-0.15, -0.1) is 0 Å². The van der Waals surface area contributed by atoms with Crippen molar-refractivity contribution in [3.63, 3.8) is 0 Å². The standard InChI is InChI=1S/C22H23FN6O2/c1-25-21(30)18-17(13-4-6-15(23)7-5-13)27-20(28-18)14-8-11-29(12-9-14)22(31)16-3-2-10-26-19(16)24/h2-7,10,14H,8-9,11-12H2,1H3,(H2,24,26)(H,25,30)(H,27,28). The first-order chi connectivity index (χ1) is 15.0. The second-order valence-corrected chi connectivity index (χ2v) is 7.43. The van der Waals surface area contributed by atoms with Gasteiger partial charge in [0.15, 0.2) is 0 Å². The fourth-order valence-corrected chi connectivity index (χ4v) is 3.82. The number of aromatic nitrogens is 3. The summed E-state index contributed by atoms with van der Waals surface area (Å²) in [5.74, 6) is 0.185. The van der Waals surface area contributed by atoms with Crippen LogP contribution in [0.4, 0.5) is 10.2 Å². The number of rotatable bonds is 4. The lowest BCUT2D eigenvalue weighted by Crippen LogP contribution is -2.38. The molecule has 1 aromatic carbocycles. The zero-order valence-corrected chi connectivity index (χ0v) is 17.1. The summed E-state index contributed by atoms with van der Waals surface area (Å²) >= 11 is 0. The van der Waals surface area contributed by atoms with E-state index >= 15 is 0 Å². The minimum Gasteiger partial charge on any atom is -0.383 e. The van der Waals surface area contributed by atoms with E-state index in [2.05, 4.69) is 20.3 Å². The molecule has 4 rings (SSSR count). The first-order valence-corrected chi connectivity index (χ1v) is 10.1. The SMILES string of the molecule is CNC(=O)c1[nH]c(C2CCN(C(=O)c3cccnc3N)CC2)nc1-c1ccc(F)cc1. The maximum atomic E-state index is 13.3. The molecule has 0 radical (unpaired) electrons. The molecule has 9 heteroatoms. The molecule has 2 aromatic heterocycles. The second kappa shape index (κ2) is 8.55. The zero-order chi connectivity index (χ0) is 22.0. The molecule has 31 heavy (non-hydrogen) atoms. The minimum absolute atomic E-state index is 0.0629. The van der Waals surface area contributed by atoms with Gasteiger partial charge in [-0.25, -0.2) is 14.4 Å². The lowest BCUT2D eigenvalue weighted by atomic mass is 9.95. The molecule has 3 aromatic rings. The molecule has 0 saturated carbocycles. The summed E-state index contributed by atoms with van der Waals surface area (Å²) in [6, 6.07) is 9.24. The van der Waals surface area contributed by atoms with Crippen molar-refractivity contribution >= 4 is 17.6 Å². The number of H-pyrrole nitrogens is 1. The van der Waals surface area contributed by atoms with E-state index in [1.54, 1.807) is 42.4 Å². The van der Waals surface area contributed by atoms with Crippen molar-refractivity contribution in [1.29, 1.82) is 0 Å². The number of carbonyl (C=O) groups excluding carboxylic acids is 2. The summed E-state index contributed by atoms with van der Waals surface area (Å²) in [5.41, 5.74) is 7.72. The Kier molecular flexibility index (Phi) is 5.66. The molecule has 0 spiro atoms. The number of hydrogen-bond donors (Lipinski definition) is 3. The number of nitrogens with one attached hydrogen (secondary N) is 2. The Balaban J connectivity index is 1.53. The number of piperidine rings is 1. The molecule has 0 aliphatic carbocycles. The van der Waals surface area contributed by atoms with Crippen molar-refractivity contribution in [3.05, 3.63) is 65.5 Å². The average molecular weight is 422 g/mol. The molecule has 0 unspecified atom stereocenters. The van der Waals surface area contributed by atoms with Gasteiger partial charge in [0.05, 0.1) is 5.56 Å². The van der Waals surface area contributed by atoms with Crippen molar-refractivity contribution in [1.82, 2.24) is 25.2 Å². The van der Waals surface area contributed by atoms with E-state index in [9.17, 15) is 14.0 Å². The van der Waals surface area contributed by atoms with Gasteiger partial charge in [-0.05, 0) is 49.2 Å². The highest BCUT2D eigenvalue weighted by molar-refractivity contribution is 5.99. The molecular formula is C22H23FN6O2. The molecule has 4 N–H and O–H groups in total. The Bertz CT molecular complexity index is 1100. The van der Waals surface area contributed by atoms with E-state index in [0.717, 1.165) is 0 Å². The Morgan fingerprint density at radius 2 is 1.90 bits per heavy atom. The largest absolute Gasteiger partial charge is 0.383 e. The van der Waals surface area contributed by atoms with Crippen molar-refractivity contribution in [2.24, 2.45) is 0 Å². The molecule has 1 aliphatic heterocycles. The van der Waals surface area contributed by atoms with Crippen LogP contribution < -0.4 is 11.1 Å². The van der Waals surface area contributed by atoms with Crippen LogP contribution in [-0.4, -0.2) is 51.8 Å². The van der Waals surface area contributed by atoms with E-state index in [4.69, 9.17) is 5.73 Å². The van der Waals surface area contributed by atoms with Crippen LogP contribution >= 0.6 is 0 Å². The van der Waals surface area contributed by atoms with Gasteiger partial charge >= 0.3 is 0 Å². The van der Waals surface area contributed by atoms with Gasteiger partial charge in [0.1, 0.15) is 28.8 Å². The third-order valence-electron chi connectivity index (χ3n) is 5.53. The smallest absolute Gasteiger partial charge is 0.269 e. The van der Waals surface area contributed by atoms with Crippen molar-refractivity contribution in [2.45, 2.75) is 18.8 Å². The van der Waals surface area contributed by atoms with Crippen LogP contribution in [0.1, 0.15) is 45.4 Å². The highest BCUT2D eigenvalue weighted by atomic mass is 19.1. The number of nitrogen functional groups attached to an aromatic ring is 1. The van der Waals surface area contributed by atoms with Gasteiger partial charge in [-0.1, -0.05) is 0 Å². The fraction of sp³-hybridized carbons (Fsp3) is 0.273. The number of likely N-dealkylation sites (tertiary alicyclic amines) is 1. The number of anilines is 1. The maximum absolute atomic E-state index is 13.3.